The Kier molecular flexibility index (Phi) is 4.87. The van der Waals surface area contributed by atoms with Crippen LogP contribution < -0.4 is 4.90 Å². The molecule has 3 nitrogen and oxygen atoms in total. The summed E-state index contributed by atoms with van der Waals surface area (Å²) < 4.78 is 0. The average molecular weight is 339 g/mol. The second kappa shape index (κ2) is 7.07. The first-order chi connectivity index (χ1) is 11.6. The molecular weight excluding hydrogens is 320 g/mol. The molecule has 1 atom stereocenters. The second-order valence-electron chi connectivity index (χ2n) is 6.19. The molecule has 4 heteroatoms. The molecule has 1 aliphatic rings. The van der Waals surface area contributed by atoms with Crippen LogP contribution in [0.15, 0.2) is 42.5 Å². The van der Waals surface area contributed by atoms with E-state index in [4.69, 9.17) is 16.9 Å². The highest BCUT2D eigenvalue weighted by molar-refractivity contribution is 6.30. The lowest BCUT2D eigenvalue weighted by Gasteiger charge is -2.25. The van der Waals surface area contributed by atoms with E-state index in [2.05, 4.69) is 11.0 Å². The summed E-state index contributed by atoms with van der Waals surface area (Å²) >= 11 is 5.96. The molecule has 2 aromatic rings. The molecule has 0 N–H and O–H groups in total. The number of nitrogens with zero attached hydrogens (tertiary/aromatic N) is 2. The Bertz CT molecular complexity index is 792. The summed E-state index contributed by atoms with van der Waals surface area (Å²) in [5.74, 6) is 0.00529. The smallest absolute Gasteiger partial charge is 0.193 e. The molecule has 0 amide bonds. The van der Waals surface area contributed by atoms with Gasteiger partial charge in [0.15, 0.2) is 5.78 Å². The van der Waals surface area contributed by atoms with Crippen molar-refractivity contribution in [2.75, 3.05) is 11.4 Å². The molecular formula is C20H19ClN2O. The van der Waals surface area contributed by atoms with Crippen LogP contribution in [0.25, 0.3) is 0 Å². The van der Waals surface area contributed by atoms with Crippen LogP contribution in [0.3, 0.4) is 0 Å². The summed E-state index contributed by atoms with van der Waals surface area (Å²) in [6.07, 6.45) is 2.71. The maximum atomic E-state index is 12.7. The van der Waals surface area contributed by atoms with Crippen molar-refractivity contribution in [2.45, 2.75) is 32.2 Å². The SMILES string of the molecule is Cc1cc(Cl)ccc1C(=O)c1ccc(N2CCC[C@H]2CC#N)cc1. The van der Waals surface area contributed by atoms with Crippen LogP contribution in [0.4, 0.5) is 5.69 Å². The van der Waals surface area contributed by atoms with Crippen LogP contribution in [0.5, 0.6) is 0 Å². The average Bonchev–Trinajstić information content (AvgIpc) is 3.03. The molecule has 0 aromatic heterocycles. The molecule has 0 spiro atoms. The van der Waals surface area contributed by atoms with Gasteiger partial charge in [0.1, 0.15) is 0 Å². The number of ketones is 1. The number of hydrogen-bond acceptors (Lipinski definition) is 3. The van der Waals surface area contributed by atoms with Gasteiger partial charge in [0.2, 0.25) is 0 Å². The number of aryl methyl sites for hydroxylation is 1. The minimum Gasteiger partial charge on any atom is -0.368 e. The largest absolute Gasteiger partial charge is 0.368 e. The van der Waals surface area contributed by atoms with Crippen molar-refractivity contribution in [1.29, 1.82) is 5.26 Å². The van der Waals surface area contributed by atoms with Gasteiger partial charge in [0.25, 0.3) is 0 Å². The number of hydrogen-bond donors (Lipinski definition) is 0. The summed E-state index contributed by atoms with van der Waals surface area (Å²) in [7, 11) is 0. The van der Waals surface area contributed by atoms with Crippen LogP contribution >= 0.6 is 11.6 Å². The third kappa shape index (κ3) is 3.29. The molecule has 3 rings (SSSR count). The Morgan fingerprint density at radius 3 is 2.71 bits per heavy atom. The van der Waals surface area contributed by atoms with Crippen molar-refractivity contribution in [2.24, 2.45) is 0 Å². The van der Waals surface area contributed by atoms with E-state index < -0.39 is 0 Å². The number of carbonyl (C=O) groups is 1. The Morgan fingerprint density at radius 2 is 2.04 bits per heavy atom. The van der Waals surface area contributed by atoms with Crippen LogP contribution in [0.1, 0.15) is 40.7 Å². The topological polar surface area (TPSA) is 44.1 Å². The molecule has 24 heavy (non-hydrogen) atoms. The van der Waals surface area contributed by atoms with Gasteiger partial charge in [0.05, 0.1) is 12.5 Å². The first-order valence-corrected chi connectivity index (χ1v) is 8.52. The first kappa shape index (κ1) is 16.5. The van der Waals surface area contributed by atoms with E-state index in [0.717, 1.165) is 30.6 Å². The summed E-state index contributed by atoms with van der Waals surface area (Å²) in [5.41, 5.74) is 3.30. The highest BCUT2D eigenvalue weighted by Gasteiger charge is 2.24. The van der Waals surface area contributed by atoms with Crippen molar-refractivity contribution in [1.82, 2.24) is 0 Å². The number of benzene rings is 2. The Labute approximate surface area is 147 Å². The standard InChI is InChI=1S/C20H19ClN2O/c1-14-13-16(21)6-9-19(14)20(24)15-4-7-18(8-5-15)23-12-2-3-17(23)10-11-22/h4-9,13,17H,2-3,10,12H2,1H3/t17-/m0/s1. The molecule has 0 aliphatic carbocycles. The van der Waals surface area contributed by atoms with Gasteiger partial charge in [-0.1, -0.05) is 11.6 Å². The molecule has 2 aromatic carbocycles. The minimum absolute atomic E-state index is 0.00529. The van der Waals surface area contributed by atoms with Crippen LogP contribution in [0.2, 0.25) is 5.02 Å². The molecule has 1 saturated heterocycles. The molecule has 0 saturated carbocycles. The Morgan fingerprint density at radius 1 is 1.29 bits per heavy atom. The summed E-state index contributed by atoms with van der Waals surface area (Å²) in [6, 6.07) is 15.6. The molecule has 0 unspecified atom stereocenters. The zero-order valence-electron chi connectivity index (χ0n) is 13.6. The van der Waals surface area contributed by atoms with Crippen LogP contribution in [-0.4, -0.2) is 18.4 Å². The van der Waals surface area contributed by atoms with Gasteiger partial charge >= 0.3 is 0 Å². The van der Waals surface area contributed by atoms with E-state index >= 15 is 0 Å². The summed E-state index contributed by atoms with van der Waals surface area (Å²) in [5, 5.41) is 9.59. The third-order valence-electron chi connectivity index (χ3n) is 4.60. The number of anilines is 1. The Balaban J connectivity index is 1.82. The molecule has 1 fully saturated rings. The van der Waals surface area contributed by atoms with E-state index in [1.54, 1.807) is 18.2 Å². The quantitative estimate of drug-likeness (QED) is 0.755. The number of nitriles is 1. The van der Waals surface area contributed by atoms with E-state index in [0.29, 0.717) is 22.6 Å². The molecule has 122 valence electrons. The maximum Gasteiger partial charge on any atom is 0.193 e. The number of rotatable bonds is 4. The first-order valence-electron chi connectivity index (χ1n) is 8.14. The highest BCUT2D eigenvalue weighted by atomic mass is 35.5. The van der Waals surface area contributed by atoms with Crippen molar-refractivity contribution >= 4 is 23.1 Å². The van der Waals surface area contributed by atoms with Gasteiger partial charge in [-0.05, 0) is 67.8 Å². The monoisotopic (exact) mass is 338 g/mol. The predicted octanol–water partition coefficient (Wildman–Crippen LogP) is 4.76. The van der Waals surface area contributed by atoms with Gasteiger partial charge in [0, 0.05) is 34.4 Å². The summed E-state index contributed by atoms with van der Waals surface area (Å²) in [6.45, 7) is 2.86. The van der Waals surface area contributed by atoms with Gasteiger partial charge in [-0.15, -0.1) is 0 Å². The lowest BCUT2D eigenvalue weighted by atomic mass is 9.99. The van der Waals surface area contributed by atoms with Gasteiger partial charge in [-0.25, -0.2) is 0 Å². The predicted molar refractivity (Wildman–Crippen MR) is 96.7 cm³/mol. The second-order valence-corrected chi connectivity index (χ2v) is 6.62. The molecule has 0 radical (unpaired) electrons. The van der Waals surface area contributed by atoms with E-state index in [1.165, 1.54) is 0 Å². The van der Waals surface area contributed by atoms with Gasteiger partial charge in [-0.3, -0.25) is 4.79 Å². The van der Waals surface area contributed by atoms with Crippen molar-refractivity contribution in [3.8, 4) is 6.07 Å². The highest BCUT2D eigenvalue weighted by Crippen LogP contribution is 2.28. The van der Waals surface area contributed by atoms with E-state index in [-0.39, 0.29) is 11.8 Å². The lowest BCUT2D eigenvalue weighted by molar-refractivity contribution is 0.103. The lowest BCUT2D eigenvalue weighted by Crippen LogP contribution is -2.28. The zero-order chi connectivity index (χ0) is 17.1. The maximum absolute atomic E-state index is 12.7. The van der Waals surface area contributed by atoms with Gasteiger partial charge in [-0.2, -0.15) is 5.26 Å². The number of carbonyl (C=O) groups excluding carboxylic acids is 1. The Hall–Kier alpha value is -2.31. The minimum atomic E-state index is 0.00529. The van der Waals surface area contributed by atoms with E-state index in [9.17, 15) is 4.79 Å². The van der Waals surface area contributed by atoms with Crippen LogP contribution in [-0.2, 0) is 0 Å². The summed E-state index contributed by atoms with van der Waals surface area (Å²) in [4.78, 5) is 14.9. The van der Waals surface area contributed by atoms with Crippen molar-refractivity contribution in [3.05, 3.63) is 64.2 Å². The van der Waals surface area contributed by atoms with E-state index in [1.807, 2.05) is 31.2 Å². The van der Waals surface area contributed by atoms with Crippen LogP contribution in [0, 0.1) is 18.3 Å². The number of halogens is 1. The van der Waals surface area contributed by atoms with Gasteiger partial charge < -0.3 is 4.90 Å². The molecule has 0 bridgehead atoms. The van der Waals surface area contributed by atoms with Crippen molar-refractivity contribution < 1.29 is 4.79 Å². The molecule has 1 heterocycles. The fourth-order valence-electron chi connectivity index (χ4n) is 3.33. The fraction of sp³-hybridized carbons (Fsp3) is 0.300. The third-order valence-corrected chi connectivity index (χ3v) is 4.83. The zero-order valence-corrected chi connectivity index (χ0v) is 14.4. The fourth-order valence-corrected chi connectivity index (χ4v) is 3.56. The normalized spacial score (nSPS) is 16.9. The molecule has 1 aliphatic heterocycles. The van der Waals surface area contributed by atoms with Crippen molar-refractivity contribution in [3.63, 3.8) is 0 Å².